The molecule has 156 valence electrons. The average molecular weight is 439 g/mol. The Balaban J connectivity index is 1.69. The normalized spacial score (nSPS) is 10.2. The Labute approximate surface area is 181 Å². The van der Waals surface area contributed by atoms with Crippen molar-refractivity contribution in [3.8, 4) is 0 Å². The summed E-state index contributed by atoms with van der Waals surface area (Å²) in [7, 11) is 0. The van der Waals surface area contributed by atoms with E-state index in [0.29, 0.717) is 5.56 Å². The maximum atomic E-state index is 12.7. The van der Waals surface area contributed by atoms with E-state index in [2.05, 4.69) is 5.32 Å². The Bertz CT molecular complexity index is 1160. The topological polar surface area (TPSA) is 116 Å². The monoisotopic (exact) mass is 438 g/mol. The number of nitro benzene ring substituents is 1. The molecule has 3 rings (SSSR count). The summed E-state index contributed by atoms with van der Waals surface area (Å²) in [5, 5.41) is 13.3. The zero-order valence-electron chi connectivity index (χ0n) is 15.9. The molecule has 1 N–H and O–H groups in total. The number of ketones is 1. The summed E-state index contributed by atoms with van der Waals surface area (Å²) in [5.74, 6) is -1.97. The predicted molar refractivity (Wildman–Crippen MR) is 113 cm³/mol. The fraction of sp³-hybridized carbons (Fsp3) is 0.0455. The lowest BCUT2D eigenvalue weighted by Crippen LogP contribution is -2.22. The van der Waals surface area contributed by atoms with Crippen molar-refractivity contribution in [1.29, 1.82) is 0 Å². The van der Waals surface area contributed by atoms with Gasteiger partial charge in [-0.3, -0.25) is 19.7 Å². The molecular formula is C22H15ClN2O6. The second-order valence-electron chi connectivity index (χ2n) is 6.29. The average Bonchev–Trinajstić information content (AvgIpc) is 2.79. The Morgan fingerprint density at radius 2 is 1.58 bits per heavy atom. The van der Waals surface area contributed by atoms with Crippen molar-refractivity contribution in [2.75, 3.05) is 11.9 Å². The number of esters is 1. The van der Waals surface area contributed by atoms with E-state index >= 15 is 0 Å². The number of nitrogens with zero attached hydrogens (tertiary/aromatic N) is 1. The standard InChI is InChI=1S/C22H15ClN2O6/c23-18-11-10-15(25(29)30)12-19(18)24-20(26)13-31-22(28)17-9-5-4-8-16(17)21(27)14-6-2-1-3-7-14/h1-12H,13H2,(H,24,26). The van der Waals surface area contributed by atoms with Crippen molar-refractivity contribution in [3.05, 3.63) is 105 Å². The molecule has 0 aliphatic rings. The second kappa shape index (κ2) is 9.64. The molecule has 0 atom stereocenters. The molecule has 0 aromatic heterocycles. The molecule has 31 heavy (non-hydrogen) atoms. The summed E-state index contributed by atoms with van der Waals surface area (Å²) in [6, 6.07) is 18.1. The summed E-state index contributed by atoms with van der Waals surface area (Å²) in [6.07, 6.45) is 0. The molecule has 8 nitrogen and oxygen atoms in total. The number of carbonyl (C=O) groups is 3. The van der Waals surface area contributed by atoms with E-state index < -0.39 is 23.4 Å². The van der Waals surface area contributed by atoms with Gasteiger partial charge in [0.25, 0.3) is 11.6 Å². The van der Waals surface area contributed by atoms with Gasteiger partial charge < -0.3 is 10.1 Å². The Morgan fingerprint density at radius 3 is 2.26 bits per heavy atom. The number of benzene rings is 3. The number of amides is 1. The minimum Gasteiger partial charge on any atom is -0.452 e. The molecule has 3 aromatic carbocycles. The first kappa shape index (κ1) is 21.7. The molecule has 3 aromatic rings. The molecule has 0 aliphatic carbocycles. The first-order valence-electron chi connectivity index (χ1n) is 8.96. The molecule has 0 saturated heterocycles. The number of anilines is 1. The maximum Gasteiger partial charge on any atom is 0.339 e. The summed E-state index contributed by atoms with van der Waals surface area (Å²) < 4.78 is 5.03. The zero-order valence-corrected chi connectivity index (χ0v) is 16.7. The number of non-ortho nitro benzene ring substituents is 1. The van der Waals surface area contributed by atoms with Crippen LogP contribution >= 0.6 is 11.6 Å². The van der Waals surface area contributed by atoms with Gasteiger partial charge in [0.15, 0.2) is 12.4 Å². The van der Waals surface area contributed by atoms with E-state index in [9.17, 15) is 24.5 Å². The molecule has 0 unspecified atom stereocenters. The highest BCUT2D eigenvalue weighted by molar-refractivity contribution is 6.33. The first-order chi connectivity index (χ1) is 14.9. The second-order valence-corrected chi connectivity index (χ2v) is 6.69. The number of hydrogen-bond donors (Lipinski definition) is 1. The van der Waals surface area contributed by atoms with Crippen molar-refractivity contribution >= 4 is 40.6 Å². The third kappa shape index (κ3) is 5.31. The largest absolute Gasteiger partial charge is 0.452 e. The highest BCUT2D eigenvalue weighted by Gasteiger charge is 2.20. The zero-order chi connectivity index (χ0) is 22.4. The molecule has 0 radical (unpaired) electrons. The third-order valence-electron chi connectivity index (χ3n) is 4.20. The quantitative estimate of drug-likeness (QED) is 0.255. The number of ether oxygens (including phenoxy) is 1. The van der Waals surface area contributed by atoms with E-state index in [4.69, 9.17) is 16.3 Å². The molecule has 0 bridgehead atoms. The molecule has 0 fully saturated rings. The van der Waals surface area contributed by atoms with Gasteiger partial charge in [0, 0.05) is 23.3 Å². The van der Waals surface area contributed by atoms with Gasteiger partial charge in [-0.25, -0.2) is 4.79 Å². The van der Waals surface area contributed by atoms with Gasteiger partial charge in [-0.2, -0.15) is 0 Å². The van der Waals surface area contributed by atoms with E-state index in [1.165, 1.54) is 24.3 Å². The molecule has 0 aliphatic heterocycles. The minimum atomic E-state index is -0.861. The van der Waals surface area contributed by atoms with Crippen LogP contribution in [0.5, 0.6) is 0 Å². The minimum absolute atomic E-state index is 0.0107. The molecule has 0 spiro atoms. The summed E-state index contributed by atoms with van der Waals surface area (Å²) in [6.45, 7) is -0.675. The maximum absolute atomic E-state index is 12.7. The number of nitrogens with one attached hydrogen (secondary N) is 1. The van der Waals surface area contributed by atoms with Crippen molar-refractivity contribution in [1.82, 2.24) is 0 Å². The van der Waals surface area contributed by atoms with E-state index in [-0.39, 0.29) is 33.3 Å². The van der Waals surface area contributed by atoms with E-state index in [1.807, 2.05) is 0 Å². The SMILES string of the molecule is O=C(COC(=O)c1ccccc1C(=O)c1ccccc1)Nc1cc([N+](=O)[O-])ccc1Cl. The molecular weight excluding hydrogens is 424 g/mol. The summed E-state index contributed by atoms with van der Waals surface area (Å²) in [4.78, 5) is 47.6. The summed E-state index contributed by atoms with van der Waals surface area (Å²) >= 11 is 5.93. The number of nitro groups is 1. The Hall–Kier alpha value is -4.04. The summed E-state index contributed by atoms with van der Waals surface area (Å²) in [5.41, 5.74) is 0.306. The lowest BCUT2D eigenvalue weighted by molar-refractivity contribution is -0.384. The van der Waals surface area contributed by atoms with Crippen LogP contribution in [0.1, 0.15) is 26.3 Å². The third-order valence-corrected chi connectivity index (χ3v) is 4.53. The van der Waals surface area contributed by atoms with Gasteiger partial charge >= 0.3 is 5.97 Å². The van der Waals surface area contributed by atoms with E-state index in [1.54, 1.807) is 42.5 Å². The van der Waals surface area contributed by atoms with Crippen molar-refractivity contribution in [3.63, 3.8) is 0 Å². The van der Waals surface area contributed by atoms with Crippen LogP contribution in [0.25, 0.3) is 0 Å². The Morgan fingerprint density at radius 1 is 0.935 bits per heavy atom. The number of hydrogen-bond acceptors (Lipinski definition) is 6. The van der Waals surface area contributed by atoms with Gasteiger partial charge in [-0.15, -0.1) is 0 Å². The van der Waals surface area contributed by atoms with Gasteiger partial charge in [0.05, 0.1) is 21.2 Å². The molecule has 9 heteroatoms. The Kier molecular flexibility index (Phi) is 6.74. The number of carbonyl (C=O) groups excluding carboxylic acids is 3. The van der Waals surface area contributed by atoms with Crippen molar-refractivity contribution in [2.45, 2.75) is 0 Å². The van der Waals surface area contributed by atoms with Gasteiger partial charge in [-0.05, 0) is 12.1 Å². The van der Waals surface area contributed by atoms with Crippen LogP contribution < -0.4 is 5.32 Å². The molecule has 0 heterocycles. The van der Waals surface area contributed by atoms with Crippen LogP contribution in [0.4, 0.5) is 11.4 Å². The predicted octanol–water partition coefficient (Wildman–Crippen LogP) is 4.27. The van der Waals surface area contributed by atoms with Crippen molar-refractivity contribution < 1.29 is 24.0 Å². The van der Waals surface area contributed by atoms with Gasteiger partial charge in [0.2, 0.25) is 0 Å². The fourth-order valence-corrected chi connectivity index (χ4v) is 2.89. The first-order valence-corrected chi connectivity index (χ1v) is 9.34. The van der Waals surface area contributed by atoms with E-state index in [0.717, 1.165) is 6.07 Å². The lowest BCUT2D eigenvalue weighted by atomic mass is 9.98. The number of halogens is 1. The fourth-order valence-electron chi connectivity index (χ4n) is 2.72. The van der Waals surface area contributed by atoms with Crippen LogP contribution in [0.15, 0.2) is 72.8 Å². The number of rotatable bonds is 7. The van der Waals surface area contributed by atoms with Crippen molar-refractivity contribution in [2.24, 2.45) is 0 Å². The highest BCUT2D eigenvalue weighted by atomic mass is 35.5. The van der Waals surface area contributed by atoms with Crippen LogP contribution in [-0.4, -0.2) is 29.2 Å². The lowest BCUT2D eigenvalue weighted by Gasteiger charge is -2.10. The van der Waals surface area contributed by atoms with Crippen LogP contribution in [0, 0.1) is 10.1 Å². The molecule has 0 saturated carbocycles. The molecule has 1 amide bonds. The van der Waals surface area contributed by atoms with Gasteiger partial charge in [0.1, 0.15) is 0 Å². The van der Waals surface area contributed by atoms with Gasteiger partial charge in [-0.1, -0.05) is 60.1 Å². The van der Waals surface area contributed by atoms with Crippen LogP contribution in [0.3, 0.4) is 0 Å². The van der Waals surface area contributed by atoms with Crippen LogP contribution in [0.2, 0.25) is 5.02 Å². The highest BCUT2D eigenvalue weighted by Crippen LogP contribution is 2.26. The van der Waals surface area contributed by atoms with Crippen LogP contribution in [-0.2, 0) is 9.53 Å². The smallest absolute Gasteiger partial charge is 0.339 e.